The lowest BCUT2D eigenvalue weighted by Crippen LogP contribution is -2.55. The van der Waals surface area contributed by atoms with E-state index in [2.05, 4.69) is 22.2 Å². The van der Waals surface area contributed by atoms with E-state index in [0.717, 1.165) is 19.3 Å². The van der Waals surface area contributed by atoms with E-state index in [-0.39, 0.29) is 35.1 Å². The molecule has 2 atom stereocenters. The molecule has 1 spiro atoms. The monoisotopic (exact) mass is 484 g/mol. The Labute approximate surface area is 203 Å². The van der Waals surface area contributed by atoms with Crippen molar-refractivity contribution in [2.45, 2.75) is 38.1 Å². The minimum absolute atomic E-state index is 0.0936. The summed E-state index contributed by atoms with van der Waals surface area (Å²) in [7, 11) is 0. The first-order valence-electron chi connectivity index (χ1n) is 11.9. The molecule has 1 aromatic heterocycles. The lowest BCUT2D eigenvalue weighted by Gasteiger charge is -2.38. The van der Waals surface area contributed by atoms with Crippen molar-refractivity contribution in [2.24, 2.45) is 5.92 Å². The topological polar surface area (TPSA) is 90.8 Å². The second kappa shape index (κ2) is 9.03. The number of hydrogen-bond acceptors (Lipinski definition) is 6. The van der Waals surface area contributed by atoms with Gasteiger partial charge in [-0.25, -0.2) is 9.69 Å². The molecule has 9 nitrogen and oxygen atoms in total. The fraction of sp³-hybridized carbons (Fsp3) is 0.500. The first-order valence-corrected chi connectivity index (χ1v) is 12.2. The average Bonchev–Trinajstić information content (AvgIpc) is 3.08. The standard InChI is InChI=1S/C24H29ClN6O3/c1-17-7-5-6-10-24(17)22(33)30(23(34)27-24)16-28-11-13-29(14-12-28)19-15-26-31(21(32)20(19)25)18-8-3-2-4-9-18/h2-4,8-9,15,17H,5-7,10-14,16H2,1H3,(H,27,34)/t17-,24-/m1/s1. The zero-order valence-electron chi connectivity index (χ0n) is 19.2. The smallest absolute Gasteiger partial charge is 0.326 e. The molecule has 2 aromatic rings. The van der Waals surface area contributed by atoms with Crippen LogP contribution in [0.3, 0.4) is 0 Å². The predicted octanol–water partition coefficient (Wildman–Crippen LogP) is 2.47. The van der Waals surface area contributed by atoms with Gasteiger partial charge < -0.3 is 10.2 Å². The van der Waals surface area contributed by atoms with E-state index < -0.39 is 5.54 Å². The third kappa shape index (κ3) is 3.86. The van der Waals surface area contributed by atoms with Crippen molar-refractivity contribution in [3.63, 3.8) is 0 Å². The number of imide groups is 1. The quantitative estimate of drug-likeness (QED) is 0.670. The normalized spacial score (nSPS) is 25.8. The molecule has 1 aromatic carbocycles. The molecule has 3 fully saturated rings. The summed E-state index contributed by atoms with van der Waals surface area (Å²) in [5.74, 6) is 0.0519. The Morgan fingerprint density at radius 1 is 1.09 bits per heavy atom. The van der Waals surface area contributed by atoms with Crippen LogP contribution in [0.25, 0.3) is 5.69 Å². The van der Waals surface area contributed by atoms with Gasteiger partial charge in [-0.15, -0.1) is 0 Å². The number of urea groups is 1. The van der Waals surface area contributed by atoms with Crippen molar-refractivity contribution in [3.05, 3.63) is 51.9 Å². The molecule has 2 aliphatic heterocycles. The largest absolute Gasteiger partial charge is 0.366 e. The second-order valence-electron chi connectivity index (χ2n) is 9.42. The van der Waals surface area contributed by atoms with Gasteiger partial charge in [-0.3, -0.25) is 14.5 Å². The number of carbonyl (C=O) groups excluding carboxylic acids is 2. The number of nitrogens with zero attached hydrogens (tertiary/aromatic N) is 5. The van der Waals surface area contributed by atoms with E-state index in [1.165, 1.54) is 9.58 Å². The van der Waals surface area contributed by atoms with Crippen LogP contribution in [0, 0.1) is 5.92 Å². The summed E-state index contributed by atoms with van der Waals surface area (Å²) < 4.78 is 1.29. The molecule has 180 valence electrons. The summed E-state index contributed by atoms with van der Waals surface area (Å²) in [6.45, 7) is 4.83. The van der Waals surface area contributed by atoms with Gasteiger partial charge in [0, 0.05) is 26.2 Å². The predicted molar refractivity (Wildman–Crippen MR) is 129 cm³/mol. The lowest BCUT2D eigenvalue weighted by atomic mass is 9.73. The fourth-order valence-electron chi connectivity index (χ4n) is 5.35. The van der Waals surface area contributed by atoms with Crippen molar-refractivity contribution >= 4 is 29.2 Å². The van der Waals surface area contributed by atoms with Crippen molar-refractivity contribution < 1.29 is 9.59 Å². The summed E-state index contributed by atoms with van der Waals surface area (Å²) in [5.41, 5.74) is 0.158. The van der Waals surface area contributed by atoms with E-state index in [4.69, 9.17) is 11.6 Å². The van der Waals surface area contributed by atoms with Crippen LogP contribution in [0.2, 0.25) is 5.02 Å². The number of benzene rings is 1. The zero-order valence-corrected chi connectivity index (χ0v) is 20.0. The summed E-state index contributed by atoms with van der Waals surface area (Å²) in [4.78, 5) is 44.2. The van der Waals surface area contributed by atoms with Crippen molar-refractivity contribution in [1.82, 2.24) is 24.9 Å². The van der Waals surface area contributed by atoms with Gasteiger partial charge in [-0.1, -0.05) is 49.6 Å². The van der Waals surface area contributed by atoms with Gasteiger partial charge in [0.1, 0.15) is 10.6 Å². The highest BCUT2D eigenvalue weighted by Gasteiger charge is 2.55. The average molecular weight is 485 g/mol. The van der Waals surface area contributed by atoms with E-state index in [9.17, 15) is 14.4 Å². The molecule has 34 heavy (non-hydrogen) atoms. The summed E-state index contributed by atoms with van der Waals surface area (Å²) in [6.07, 6.45) is 5.35. The first kappa shape index (κ1) is 22.9. The number of halogens is 1. The van der Waals surface area contributed by atoms with Crippen LogP contribution in [0.15, 0.2) is 41.3 Å². The van der Waals surface area contributed by atoms with Gasteiger partial charge in [-0.2, -0.15) is 9.78 Å². The van der Waals surface area contributed by atoms with Gasteiger partial charge in [0.25, 0.3) is 11.5 Å². The summed E-state index contributed by atoms with van der Waals surface area (Å²) in [6, 6.07) is 8.87. The maximum Gasteiger partial charge on any atom is 0.326 e. The number of nitrogens with one attached hydrogen (secondary N) is 1. The molecule has 0 radical (unpaired) electrons. The number of hydrogen-bond donors (Lipinski definition) is 1. The van der Waals surface area contributed by atoms with Gasteiger partial charge in [0.05, 0.1) is 24.2 Å². The van der Waals surface area contributed by atoms with E-state index >= 15 is 0 Å². The third-order valence-corrected chi connectivity index (χ3v) is 7.81. The lowest BCUT2D eigenvalue weighted by molar-refractivity contribution is -0.135. The molecular weight excluding hydrogens is 456 g/mol. The first-order chi connectivity index (χ1) is 16.4. The molecule has 1 aliphatic carbocycles. The molecular formula is C24H29ClN6O3. The zero-order chi connectivity index (χ0) is 23.9. The Morgan fingerprint density at radius 3 is 2.53 bits per heavy atom. The van der Waals surface area contributed by atoms with Crippen LogP contribution >= 0.6 is 11.6 Å². The number of aromatic nitrogens is 2. The van der Waals surface area contributed by atoms with Crippen molar-refractivity contribution in [1.29, 1.82) is 0 Å². The highest BCUT2D eigenvalue weighted by Crippen LogP contribution is 2.38. The molecule has 10 heteroatoms. The van der Waals surface area contributed by atoms with Gasteiger partial charge >= 0.3 is 6.03 Å². The Hall–Kier alpha value is -2.91. The van der Waals surface area contributed by atoms with Crippen LogP contribution in [-0.4, -0.2) is 69.9 Å². The molecule has 3 amide bonds. The Balaban J connectivity index is 1.24. The number of piperazine rings is 1. The SMILES string of the molecule is C[C@@H]1CCCC[C@@]12NC(=O)N(CN1CCN(c3cnn(-c4ccccc4)c(=O)c3Cl)CC1)C2=O. The van der Waals surface area contributed by atoms with Gasteiger partial charge in [-0.05, 0) is 30.9 Å². The minimum atomic E-state index is -0.737. The van der Waals surface area contributed by atoms with Gasteiger partial charge in [0.15, 0.2) is 0 Å². The third-order valence-electron chi connectivity index (χ3n) is 7.46. The molecule has 3 aliphatic rings. The maximum absolute atomic E-state index is 13.2. The highest BCUT2D eigenvalue weighted by atomic mass is 35.5. The van der Waals surface area contributed by atoms with Crippen LogP contribution in [0.5, 0.6) is 0 Å². The number of carbonyl (C=O) groups is 2. The number of para-hydroxylation sites is 1. The van der Waals surface area contributed by atoms with Gasteiger partial charge in [0.2, 0.25) is 0 Å². The summed E-state index contributed by atoms with van der Waals surface area (Å²) in [5, 5.41) is 7.47. The van der Waals surface area contributed by atoms with E-state index in [1.54, 1.807) is 18.3 Å². The van der Waals surface area contributed by atoms with Crippen molar-refractivity contribution in [2.75, 3.05) is 37.7 Å². The number of rotatable bonds is 4. The van der Waals surface area contributed by atoms with Crippen molar-refractivity contribution in [3.8, 4) is 5.69 Å². The van der Waals surface area contributed by atoms with Crippen LogP contribution < -0.4 is 15.8 Å². The Bertz CT molecular complexity index is 1150. The molecule has 5 rings (SSSR count). The molecule has 0 bridgehead atoms. The number of amides is 3. The van der Waals surface area contributed by atoms with E-state index in [1.807, 2.05) is 23.1 Å². The Morgan fingerprint density at radius 2 is 1.82 bits per heavy atom. The Kier molecular flexibility index (Phi) is 6.07. The molecule has 3 heterocycles. The fourth-order valence-corrected chi connectivity index (χ4v) is 5.60. The minimum Gasteiger partial charge on any atom is -0.366 e. The molecule has 0 unspecified atom stereocenters. The maximum atomic E-state index is 13.2. The summed E-state index contributed by atoms with van der Waals surface area (Å²) >= 11 is 6.46. The van der Waals surface area contributed by atoms with Crippen LogP contribution in [-0.2, 0) is 4.79 Å². The molecule has 1 saturated carbocycles. The van der Waals surface area contributed by atoms with Crippen LogP contribution in [0.4, 0.5) is 10.5 Å². The highest BCUT2D eigenvalue weighted by molar-refractivity contribution is 6.33. The molecule has 2 saturated heterocycles. The second-order valence-corrected chi connectivity index (χ2v) is 9.80. The number of anilines is 1. The van der Waals surface area contributed by atoms with E-state index in [0.29, 0.717) is 44.0 Å². The molecule has 1 N–H and O–H groups in total. The van der Waals surface area contributed by atoms with Crippen LogP contribution in [0.1, 0.15) is 32.6 Å².